The molecule has 2 atom stereocenters. The van der Waals surface area contributed by atoms with Gasteiger partial charge in [0.25, 0.3) is 0 Å². The van der Waals surface area contributed by atoms with Crippen LogP contribution in [0.15, 0.2) is 24.3 Å². The van der Waals surface area contributed by atoms with Crippen molar-refractivity contribution in [3.05, 3.63) is 51.8 Å². The van der Waals surface area contributed by atoms with Crippen molar-refractivity contribution in [1.29, 1.82) is 5.26 Å². The Hall–Kier alpha value is -3.05. The summed E-state index contributed by atoms with van der Waals surface area (Å²) in [5, 5.41) is 12.2. The van der Waals surface area contributed by atoms with Gasteiger partial charge < -0.3 is 14.4 Å². The Bertz CT molecular complexity index is 1910. The number of thiophene rings is 1. The van der Waals surface area contributed by atoms with E-state index in [2.05, 4.69) is 49.4 Å². The lowest BCUT2D eigenvalue weighted by Crippen LogP contribution is -2.39. The summed E-state index contributed by atoms with van der Waals surface area (Å²) < 4.78 is 53.4. The minimum atomic E-state index is -4.25. The summed E-state index contributed by atoms with van der Waals surface area (Å²) >= 11 is 1.12. The number of piperidine rings is 1. The molecule has 0 saturated carbocycles. The topological polar surface area (TPSA) is 81.3 Å². The Morgan fingerprint density at radius 3 is 2.52 bits per heavy atom. The van der Waals surface area contributed by atoms with E-state index in [1.807, 2.05) is 13.0 Å². The number of rotatable bonds is 8. The normalized spacial score (nSPS) is 22.1. The Morgan fingerprint density at radius 1 is 1.02 bits per heavy atom. The standard InChI is InChI=1S/C35H42F3N7OS2/c1-23-25(4-5-31-29(23)16-26(19-39)45(31)15-14-42-10-6-28(7-11-42)48(3)46)20-43-12-8-34(21-43)9-13-44(22-34)32-30-17-27(18-35(36,37)38)47-33(30)41-24(2)40-32/h4-5,16-17,28H,6-15,18,20-22H2,1-3H3. The number of aromatic nitrogens is 3. The van der Waals surface area contributed by atoms with Crippen LogP contribution in [0.3, 0.4) is 0 Å². The Labute approximate surface area is 286 Å². The van der Waals surface area contributed by atoms with E-state index in [-0.39, 0.29) is 10.3 Å². The number of anilines is 1. The predicted molar refractivity (Wildman–Crippen MR) is 186 cm³/mol. The van der Waals surface area contributed by atoms with Crippen LogP contribution in [0.4, 0.5) is 19.0 Å². The number of halogens is 3. The van der Waals surface area contributed by atoms with E-state index in [4.69, 9.17) is 4.98 Å². The third-order valence-corrected chi connectivity index (χ3v) is 13.2. The van der Waals surface area contributed by atoms with Gasteiger partial charge in [-0.2, -0.15) is 18.4 Å². The Balaban J connectivity index is 1.02. The highest BCUT2D eigenvalue weighted by Gasteiger charge is 2.44. The molecule has 0 bridgehead atoms. The van der Waals surface area contributed by atoms with Crippen LogP contribution < -0.4 is 4.90 Å². The fourth-order valence-electron chi connectivity index (χ4n) is 8.17. The first kappa shape index (κ1) is 33.4. The summed E-state index contributed by atoms with van der Waals surface area (Å²) in [7, 11) is -0.765. The lowest BCUT2D eigenvalue weighted by molar-refractivity contribution is -0.126. The summed E-state index contributed by atoms with van der Waals surface area (Å²) in [6.45, 7) is 11.9. The number of alkyl halides is 3. The molecule has 3 aliphatic heterocycles. The molecule has 0 aliphatic carbocycles. The van der Waals surface area contributed by atoms with Crippen molar-refractivity contribution in [2.45, 2.75) is 70.5 Å². The maximum atomic E-state index is 13.1. The zero-order valence-electron chi connectivity index (χ0n) is 27.8. The molecule has 6 heterocycles. The fraction of sp³-hybridized carbons (Fsp3) is 0.571. The molecule has 3 fully saturated rings. The van der Waals surface area contributed by atoms with Gasteiger partial charge in [0, 0.05) is 82.8 Å². The van der Waals surface area contributed by atoms with Gasteiger partial charge in [0.05, 0.1) is 11.8 Å². The van der Waals surface area contributed by atoms with Crippen LogP contribution in [0.2, 0.25) is 0 Å². The first-order valence-corrected chi connectivity index (χ1v) is 19.2. The predicted octanol–water partition coefficient (Wildman–Crippen LogP) is 6.18. The number of nitrogens with zero attached hydrogens (tertiary/aromatic N) is 7. The van der Waals surface area contributed by atoms with Crippen LogP contribution in [-0.2, 0) is 30.3 Å². The molecule has 13 heteroatoms. The van der Waals surface area contributed by atoms with Crippen molar-refractivity contribution >= 4 is 49.1 Å². The van der Waals surface area contributed by atoms with Gasteiger partial charge in [-0.3, -0.25) is 9.11 Å². The minimum absolute atomic E-state index is 0.117. The highest BCUT2D eigenvalue weighted by atomic mass is 32.2. The molecule has 3 aliphatic rings. The molecule has 48 heavy (non-hydrogen) atoms. The van der Waals surface area contributed by atoms with Crippen LogP contribution in [-0.4, -0.2) is 92.0 Å². The fourth-order valence-corrected chi connectivity index (χ4v) is 10.1. The second kappa shape index (κ2) is 13.0. The van der Waals surface area contributed by atoms with Gasteiger partial charge in [0.15, 0.2) is 0 Å². The number of likely N-dealkylation sites (tertiary alicyclic amines) is 2. The zero-order chi connectivity index (χ0) is 33.8. The van der Waals surface area contributed by atoms with E-state index >= 15 is 0 Å². The third kappa shape index (κ3) is 6.73. The third-order valence-electron chi connectivity index (χ3n) is 10.8. The van der Waals surface area contributed by atoms with Crippen molar-refractivity contribution in [1.82, 2.24) is 24.3 Å². The largest absolute Gasteiger partial charge is 0.393 e. The molecule has 2 unspecified atom stereocenters. The maximum Gasteiger partial charge on any atom is 0.393 e. The average Bonchev–Trinajstić information content (AvgIpc) is 3.82. The van der Waals surface area contributed by atoms with Crippen molar-refractivity contribution in [3.8, 4) is 6.07 Å². The summed E-state index contributed by atoms with van der Waals surface area (Å²) in [4.78, 5) is 17.3. The lowest BCUT2D eigenvalue weighted by atomic mass is 9.86. The molecule has 3 saturated heterocycles. The molecule has 1 spiro atoms. The van der Waals surface area contributed by atoms with E-state index in [1.165, 1.54) is 11.1 Å². The second-order valence-electron chi connectivity index (χ2n) is 14.1. The summed E-state index contributed by atoms with van der Waals surface area (Å²) in [6.07, 6.45) is 0.627. The highest BCUT2D eigenvalue weighted by molar-refractivity contribution is 7.84. The Morgan fingerprint density at radius 2 is 1.79 bits per heavy atom. The number of hydrogen-bond acceptors (Lipinski definition) is 8. The van der Waals surface area contributed by atoms with Crippen molar-refractivity contribution in [3.63, 3.8) is 0 Å². The van der Waals surface area contributed by atoms with E-state index in [0.29, 0.717) is 21.6 Å². The molecule has 0 amide bonds. The number of aryl methyl sites for hydroxylation is 2. The first-order valence-electron chi connectivity index (χ1n) is 16.8. The molecule has 3 aromatic heterocycles. The molecule has 1 aromatic carbocycles. The summed E-state index contributed by atoms with van der Waals surface area (Å²) in [5.74, 6) is 1.35. The monoisotopic (exact) mass is 697 g/mol. The number of nitriles is 1. The quantitative estimate of drug-likeness (QED) is 0.218. The molecular weight excluding hydrogens is 656 g/mol. The van der Waals surface area contributed by atoms with Crippen LogP contribution in [0.1, 0.15) is 53.2 Å². The van der Waals surface area contributed by atoms with Gasteiger partial charge in [-0.05, 0) is 88.5 Å². The minimum Gasteiger partial charge on any atom is -0.355 e. The second-order valence-corrected chi connectivity index (χ2v) is 16.8. The van der Waals surface area contributed by atoms with Gasteiger partial charge in [-0.25, -0.2) is 9.97 Å². The number of fused-ring (bicyclic) bond motifs is 2. The van der Waals surface area contributed by atoms with Gasteiger partial charge in [-0.1, -0.05) is 6.07 Å². The van der Waals surface area contributed by atoms with Crippen LogP contribution >= 0.6 is 11.3 Å². The number of hydrogen-bond donors (Lipinski definition) is 0. The molecule has 7 rings (SSSR count). The van der Waals surface area contributed by atoms with E-state index in [0.717, 1.165) is 118 Å². The van der Waals surface area contributed by atoms with Crippen LogP contribution in [0.5, 0.6) is 0 Å². The van der Waals surface area contributed by atoms with E-state index < -0.39 is 23.4 Å². The van der Waals surface area contributed by atoms with Gasteiger partial charge >= 0.3 is 6.18 Å². The highest BCUT2D eigenvalue weighted by Crippen LogP contribution is 2.44. The molecular formula is C35H42F3N7OS2. The van der Waals surface area contributed by atoms with Crippen molar-refractivity contribution in [2.24, 2.45) is 5.41 Å². The maximum absolute atomic E-state index is 13.1. The Kier molecular flexibility index (Phi) is 9.06. The van der Waals surface area contributed by atoms with Crippen LogP contribution in [0.25, 0.3) is 21.1 Å². The molecule has 4 aromatic rings. The lowest BCUT2D eigenvalue weighted by Gasteiger charge is -2.31. The van der Waals surface area contributed by atoms with E-state index in [9.17, 15) is 22.6 Å². The van der Waals surface area contributed by atoms with Gasteiger partial charge in [0.1, 0.15) is 28.2 Å². The summed E-state index contributed by atoms with van der Waals surface area (Å²) in [6, 6.07) is 10.5. The zero-order valence-corrected chi connectivity index (χ0v) is 29.4. The SMILES string of the molecule is Cc1nc(N2CCC3(CCN(Cc4ccc5c(cc(C#N)n5CCN5CCC(S(C)=O)CC5)c4C)C3)C2)c2cc(CC(F)(F)F)sc2n1. The number of benzene rings is 1. The van der Waals surface area contributed by atoms with Crippen molar-refractivity contribution < 1.29 is 17.4 Å². The van der Waals surface area contributed by atoms with E-state index in [1.54, 1.807) is 12.3 Å². The first-order chi connectivity index (χ1) is 22.9. The van der Waals surface area contributed by atoms with Crippen molar-refractivity contribution in [2.75, 3.05) is 57.0 Å². The molecule has 256 valence electrons. The van der Waals surface area contributed by atoms with Crippen LogP contribution in [0, 0.1) is 30.6 Å². The average molecular weight is 698 g/mol. The molecule has 0 radical (unpaired) electrons. The summed E-state index contributed by atoms with van der Waals surface area (Å²) in [5.41, 5.74) is 4.39. The molecule has 0 N–H and O–H groups in total. The smallest absolute Gasteiger partial charge is 0.355 e. The van der Waals surface area contributed by atoms with Gasteiger partial charge in [0.2, 0.25) is 0 Å². The van der Waals surface area contributed by atoms with Gasteiger partial charge in [-0.15, -0.1) is 11.3 Å². The molecule has 8 nitrogen and oxygen atoms in total.